The Morgan fingerprint density at radius 2 is 2.18 bits per heavy atom. The van der Waals surface area contributed by atoms with Crippen LogP contribution in [-0.4, -0.2) is 38.3 Å². The van der Waals surface area contributed by atoms with Crippen LogP contribution in [0.1, 0.15) is 13.3 Å². The quantitative estimate of drug-likeness (QED) is 0.900. The largest absolute Gasteiger partial charge is 0.372 e. The highest BCUT2D eigenvalue weighted by molar-refractivity contribution is 9.10. The average Bonchev–Trinajstić information content (AvgIpc) is 2.29. The number of sulfonamides is 1. The molecule has 0 unspecified atom stereocenters. The van der Waals surface area contributed by atoms with E-state index in [1.807, 2.05) is 6.92 Å². The van der Waals surface area contributed by atoms with Gasteiger partial charge < -0.3 is 5.32 Å². The number of halogens is 1. The van der Waals surface area contributed by atoms with Crippen LogP contribution in [0.3, 0.4) is 0 Å². The molecule has 7 heteroatoms. The van der Waals surface area contributed by atoms with Crippen LogP contribution in [0.15, 0.2) is 21.6 Å². The molecular formula is C10H16BrN3O2S. The van der Waals surface area contributed by atoms with Crippen LogP contribution in [0, 0.1) is 0 Å². The number of aromatic nitrogens is 1. The van der Waals surface area contributed by atoms with Gasteiger partial charge in [-0.1, -0.05) is 6.92 Å². The Bertz CT molecular complexity index is 490. The molecule has 0 radical (unpaired) electrons. The highest BCUT2D eigenvalue weighted by Crippen LogP contribution is 2.25. The van der Waals surface area contributed by atoms with Gasteiger partial charge in [0.15, 0.2) is 0 Å². The number of anilines is 1. The predicted molar refractivity (Wildman–Crippen MR) is 71.6 cm³/mol. The summed E-state index contributed by atoms with van der Waals surface area (Å²) in [7, 11) is -0.272. The van der Waals surface area contributed by atoms with E-state index in [1.165, 1.54) is 4.31 Å². The molecule has 1 rings (SSSR count). The molecule has 0 fully saturated rings. The van der Waals surface area contributed by atoms with Crippen LogP contribution in [0.2, 0.25) is 0 Å². The van der Waals surface area contributed by atoms with Gasteiger partial charge in [0.25, 0.3) is 0 Å². The smallest absolute Gasteiger partial charge is 0.246 e. The van der Waals surface area contributed by atoms with E-state index < -0.39 is 10.0 Å². The van der Waals surface area contributed by atoms with Crippen LogP contribution in [0.25, 0.3) is 0 Å². The van der Waals surface area contributed by atoms with Crippen molar-refractivity contribution in [3.05, 3.63) is 16.7 Å². The van der Waals surface area contributed by atoms with Crippen LogP contribution in [0.5, 0.6) is 0 Å². The lowest BCUT2D eigenvalue weighted by Gasteiger charge is -2.18. The lowest BCUT2D eigenvalue weighted by atomic mass is 10.4. The highest BCUT2D eigenvalue weighted by atomic mass is 79.9. The molecule has 0 saturated heterocycles. The maximum Gasteiger partial charge on any atom is 0.246 e. The monoisotopic (exact) mass is 321 g/mol. The second kappa shape index (κ2) is 5.79. The molecule has 0 aliphatic heterocycles. The van der Waals surface area contributed by atoms with E-state index in [4.69, 9.17) is 0 Å². The minimum absolute atomic E-state index is 0.185. The van der Waals surface area contributed by atoms with Crippen molar-refractivity contribution in [1.82, 2.24) is 9.29 Å². The van der Waals surface area contributed by atoms with Crippen molar-refractivity contribution in [1.29, 1.82) is 0 Å². The van der Waals surface area contributed by atoms with Gasteiger partial charge in [-0.25, -0.2) is 17.7 Å². The molecule has 0 aliphatic carbocycles. The molecule has 1 heterocycles. The highest BCUT2D eigenvalue weighted by Gasteiger charge is 2.24. The summed E-state index contributed by atoms with van der Waals surface area (Å²) in [5.41, 5.74) is 0. The van der Waals surface area contributed by atoms with Crippen LogP contribution in [0.4, 0.5) is 5.82 Å². The molecule has 0 aliphatic rings. The summed E-state index contributed by atoms with van der Waals surface area (Å²) in [5, 5.41) is 2.79. The first kappa shape index (κ1) is 14.4. The Morgan fingerprint density at radius 3 is 2.71 bits per heavy atom. The Hall–Kier alpha value is -0.660. The Morgan fingerprint density at radius 1 is 1.53 bits per heavy atom. The maximum atomic E-state index is 12.3. The van der Waals surface area contributed by atoms with Gasteiger partial charge in [0.05, 0.1) is 0 Å². The van der Waals surface area contributed by atoms with E-state index in [1.54, 1.807) is 26.4 Å². The number of nitrogens with zero attached hydrogens (tertiary/aromatic N) is 2. The zero-order valence-corrected chi connectivity index (χ0v) is 12.5. The second-order valence-corrected chi connectivity index (χ2v) is 6.51. The number of hydrogen-bond acceptors (Lipinski definition) is 4. The lowest BCUT2D eigenvalue weighted by Crippen LogP contribution is -2.28. The fourth-order valence-corrected chi connectivity index (χ4v) is 3.32. The summed E-state index contributed by atoms with van der Waals surface area (Å²) in [6, 6.07) is 1.56. The fourth-order valence-electron chi connectivity index (χ4n) is 1.41. The first-order valence-corrected chi connectivity index (χ1v) is 7.46. The molecule has 0 atom stereocenters. The summed E-state index contributed by atoms with van der Waals surface area (Å²) < 4.78 is 26.5. The van der Waals surface area contributed by atoms with E-state index in [-0.39, 0.29) is 4.90 Å². The SMILES string of the molecule is CCCN(C)S(=O)(=O)c1cc(Br)cnc1NC. The normalized spacial score (nSPS) is 11.8. The third-order valence-corrected chi connectivity index (χ3v) is 4.59. The zero-order valence-electron chi connectivity index (χ0n) is 10.1. The number of rotatable bonds is 5. The van der Waals surface area contributed by atoms with E-state index in [0.717, 1.165) is 6.42 Å². The summed E-state index contributed by atoms with van der Waals surface area (Å²) in [6.45, 7) is 2.42. The molecule has 17 heavy (non-hydrogen) atoms. The van der Waals surface area contributed by atoms with Crippen LogP contribution in [-0.2, 0) is 10.0 Å². The first-order valence-electron chi connectivity index (χ1n) is 5.23. The number of nitrogens with one attached hydrogen (secondary N) is 1. The predicted octanol–water partition coefficient (Wildman–Crippen LogP) is 1.92. The maximum absolute atomic E-state index is 12.3. The summed E-state index contributed by atoms with van der Waals surface area (Å²) in [5.74, 6) is 0.358. The molecule has 0 spiro atoms. The number of hydrogen-bond donors (Lipinski definition) is 1. The van der Waals surface area contributed by atoms with Crippen molar-refractivity contribution < 1.29 is 8.42 Å². The Labute approximate surface area is 110 Å². The molecule has 0 saturated carbocycles. The number of pyridine rings is 1. The van der Waals surface area contributed by atoms with Gasteiger partial charge in [0.2, 0.25) is 10.0 Å². The van der Waals surface area contributed by atoms with Gasteiger partial charge in [0.1, 0.15) is 10.7 Å². The third kappa shape index (κ3) is 3.17. The van der Waals surface area contributed by atoms with Crippen LogP contribution >= 0.6 is 15.9 Å². The standard InChI is InChI=1S/C10H16BrN3O2S/c1-4-5-14(3)17(15,16)9-6-8(11)7-13-10(9)12-2/h6-7H,4-5H2,1-3H3,(H,12,13). The van der Waals surface area contributed by atoms with Crippen molar-refractivity contribution >= 4 is 31.8 Å². The third-order valence-electron chi connectivity index (χ3n) is 2.28. The Balaban J connectivity index is 3.27. The first-order chi connectivity index (χ1) is 7.93. The van der Waals surface area contributed by atoms with Crippen molar-refractivity contribution in [3.8, 4) is 0 Å². The molecule has 96 valence electrons. The minimum Gasteiger partial charge on any atom is -0.372 e. The fraction of sp³-hybridized carbons (Fsp3) is 0.500. The molecule has 1 N–H and O–H groups in total. The van der Waals surface area contributed by atoms with E-state index in [2.05, 4.69) is 26.2 Å². The van der Waals surface area contributed by atoms with Gasteiger partial charge in [-0.05, 0) is 28.4 Å². The van der Waals surface area contributed by atoms with E-state index in [9.17, 15) is 8.42 Å². The van der Waals surface area contributed by atoms with Gasteiger partial charge in [-0.2, -0.15) is 0 Å². The van der Waals surface area contributed by atoms with Gasteiger partial charge in [-0.15, -0.1) is 0 Å². The molecule has 0 amide bonds. The zero-order chi connectivity index (χ0) is 13.1. The van der Waals surface area contributed by atoms with Crippen molar-refractivity contribution in [2.75, 3.05) is 26.0 Å². The van der Waals surface area contributed by atoms with Crippen LogP contribution < -0.4 is 5.32 Å². The molecule has 1 aromatic rings. The molecule has 0 aromatic carbocycles. The van der Waals surface area contributed by atoms with Gasteiger partial charge >= 0.3 is 0 Å². The Kier molecular flexibility index (Phi) is 4.91. The molecule has 1 aromatic heterocycles. The lowest BCUT2D eigenvalue weighted by molar-refractivity contribution is 0.468. The van der Waals surface area contributed by atoms with Gasteiger partial charge in [-0.3, -0.25) is 0 Å². The average molecular weight is 322 g/mol. The molecule has 5 nitrogen and oxygen atoms in total. The van der Waals surface area contributed by atoms with E-state index >= 15 is 0 Å². The summed E-state index contributed by atoms with van der Waals surface area (Å²) in [6.07, 6.45) is 2.33. The minimum atomic E-state index is -3.49. The van der Waals surface area contributed by atoms with Crippen molar-refractivity contribution in [2.24, 2.45) is 0 Å². The van der Waals surface area contributed by atoms with E-state index in [0.29, 0.717) is 16.8 Å². The topological polar surface area (TPSA) is 62.3 Å². The van der Waals surface area contributed by atoms with Crippen molar-refractivity contribution in [3.63, 3.8) is 0 Å². The summed E-state index contributed by atoms with van der Waals surface area (Å²) >= 11 is 3.23. The second-order valence-electron chi connectivity index (χ2n) is 3.58. The summed E-state index contributed by atoms with van der Waals surface area (Å²) in [4.78, 5) is 4.23. The molecular weight excluding hydrogens is 306 g/mol. The van der Waals surface area contributed by atoms with Crippen molar-refractivity contribution in [2.45, 2.75) is 18.2 Å². The molecule has 0 bridgehead atoms. The van der Waals surface area contributed by atoms with Gasteiger partial charge in [0, 0.05) is 31.3 Å².